The fraction of sp³-hybridized carbons (Fsp3) is 0.533. The summed E-state index contributed by atoms with van der Waals surface area (Å²) in [6.07, 6.45) is 0.852. The van der Waals surface area contributed by atoms with Crippen molar-refractivity contribution in [2.75, 3.05) is 0 Å². The molecule has 0 aromatic heterocycles. The summed E-state index contributed by atoms with van der Waals surface area (Å²) in [5.74, 6) is 0.0631. The Morgan fingerprint density at radius 3 is 2.28 bits per heavy atom. The van der Waals surface area contributed by atoms with Crippen molar-refractivity contribution in [1.29, 1.82) is 0 Å². The van der Waals surface area contributed by atoms with E-state index in [0.717, 1.165) is 11.3 Å². The van der Waals surface area contributed by atoms with Crippen LogP contribution in [0, 0.1) is 5.41 Å². The second kappa shape index (κ2) is 5.89. The molecule has 0 aliphatic rings. The van der Waals surface area contributed by atoms with Gasteiger partial charge in [-0.1, -0.05) is 32.9 Å². The van der Waals surface area contributed by atoms with Crippen molar-refractivity contribution in [3.8, 4) is 5.75 Å². The number of carbonyl (C=O) groups is 1. The minimum absolute atomic E-state index is 0.0992. The van der Waals surface area contributed by atoms with E-state index in [1.54, 1.807) is 0 Å². The summed E-state index contributed by atoms with van der Waals surface area (Å²) in [6.45, 7) is 8.47. The van der Waals surface area contributed by atoms with Crippen LogP contribution in [0.15, 0.2) is 24.3 Å². The molecule has 0 saturated carbocycles. The monoisotopic (exact) mass is 250 g/mol. The lowest BCUT2D eigenvalue weighted by Gasteiger charge is -2.27. The summed E-state index contributed by atoms with van der Waals surface area (Å²) in [6, 6.07) is 7.65. The van der Waals surface area contributed by atoms with Gasteiger partial charge in [0.15, 0.2) is 0 Å². The summed E-state index contributed by atoms with van der Waals surface area (Å²) in [7, 11) is 0. The summed E-state index contributed by atoms with van der Waals surface area (Å²) >= 11 is 0. The van der Waals surface area contributed by atoms with Crippen LogP contribution in [-0.4, -0.2) is 17.2 Å². The average Bonchev–Trinajstić information content (AvgIpc) is 2.26. The predicted octanol–water partition coefficient (Wildman–Crippen LogP) is 3.52. The molecule has 1 aromatic rings. The molecule has 0 spiro atoms. The lowest BCUT2D eigenvalue weighted by molar-refractivity contribution is -0.136. The van der Waals surface area contributed by atoms with Gasteiger partial charge < -0.3 is 9.84 Å². The van der Waals surface area contributed by atoms with E-state index in [2.05, 4.69) is 27.7 Å². The van der Waals surface area contributed by atoms with Crippen LogP contribution in [0.2, 0.25) is 0 Å². The summed E-state index contributed by atoms with van der Waals surface area (Å²) in [5.41, 5.74) is 1.12. The van der Waals surface area contributed by atoms with E-state index in [-0.39, 0.29) is 17.9 Å². The summed E-state index contributed by atoms with van der Waals surface area (Å²) in [4.78, 5) is 10.5. The quantitative estimate of drug-likeness (QED) is 0.869. The standard InChI is InChI=1S/C15H22O3/c1-11(15(2,3)4)18-13-8-5-12(6-9-13)7-10-14(16)17/h5-6,8-9,11H,7,10H2,1-4H3,(H,16,17). The zero-order valence-corrected chi connectivity index (χ0v) is 11.6. The molecule has 0 amide bonds. The lowest BCUT2D eigenvalue weighted by Crippen LogP contribution is -2.28. The molecule has 1 aromatic carbocycles. The molecule has 100 valence electrons. The van der Waals surface area contributed by atoms with Crippen LogP contribution in [0.4, 0.5) is 0 Å². The zero-order valence-electron chi connectivity index (χ0n) is 11.6. The number of aliphatic carboxylic acids is 1. The van der Waals surface area contributed by atoms with Crippen LogP contribution in [0.25, 0.3) is 0 Å². The molecule has 3 heteroatoms. The minimum Gasteiger partial charge on any atom is -0.490 e. The molecule has 18 heavy (non-hydrogen) atoms. The van der Waals surface area contributed by atoms with Crippen molar-refractivity contribution in [2.45, 2.75) is 46.6 Å². The van der Waals surface area contributed by atoms with Crippen molar-refractivity contribution in [3.05, 3.63) is 29.8 Å². The molecule has 1 rings (SSSR count). The maximum absolute atomic E-state index is 10.5. The SMILES string of the molecule is CC(Oc1ccc(CCC(=O)O)cc1)C(C)(C)C. The first-order valence-electron chi connectivity index (χ1n) is 6.26. The zero-order chi connectivity index (χ0) is 13.8. The summed E-state index contributed by atoms with van der Waals surface area (Å²) in [5, 5.41) is 8.61. The molecular weight excluding hydrogens is 228 g/mol. The van der Waals surface area contributed by atoms with Crippen LogP contribution >= 0.6 is 0 Å². The Morgan fingerprint density at radius 2 is 1.83 bits per heavy atom. The van der Waals surface area contributed by atoms with Gasteiger partial charge in [0.25, 0.3) is 0 Å². The molecule has 0 heterocycles. The van der Waals surface area contributed by atoms with Crippen LogP contribution < -0.4 is 4.74 Å². The van der Waals surface area contributed by atoms with Gasteiger partial charge in [0, 0.05) is 6.42 Å². The van der Waals surface area contributed by atoms with E-state index < -0.39 is 5.97 Å². The van der Waals surface area contributed by atoms with Crippen LogP contribution in [-0.2, 0) is 11.2 Å². The average molecular weight is 250 g/mol. The van der Waals surface area contributed by atoms with Crippen molar-refractivity contribution >= 4 is 5.97 Å². The number of carboxylic acids is 1. The molecule has 0 aliphatic carbocycles. The first kappa shape index (κ1) is 14.6. The molecule has 1 unspecified atom stereocenters. The number of benzene rings is 1. The Morgan fingerprint density at radius 1 is 1.28 bits per heavy atom. The Kier molecular flexibility index (Phi) is 4.76. The highest BCUT2D eigenvalue weighted by Gasteiger charge is 2.21. The molecule has 0 fully saturated rings. The molecule has 0 saturated heterocycles. The molecule has 1 N–H and O–H groups in total. The third-order valence-electron chi connectivity index (χ3n) is 3.08. The largest absolute Gasteiger partial charge is 0.490 e. The van der Waals surface area contributed by atoms with E-state index in [9.17, 15) is 4.79 Å². The fourth-order valence-corrected chi connectivity index (χ4v) is 1.37. The van der Waals surface area contributed by atoms with E-state index in [1.807, 2.05) is 24.3 Å². The third kappa shape index (κ3) is 4.78. The second-order valence-corrected chi connectivity index (χ2v) is 5.66. The van der Waals surface area contributed by atoms with Gasteiger partial charge >= 0.3 is 5.97 Å². The van der Waals surface area contributed by atoms with Gasteiger partial charge in [-0.15, -0.1) is 0 Å². The Balaban J connectivity index is 2.58. The van der Waals surface area contributed by atoms with E-state index in [4.69, 9.17) is 9.84 Å². The highest BCUT2D eigenvalue weighted by Crippen LogP contribution is 2.24. The number of rotatable bonds is 5. The summed E-state index contributed by atoms with van der Waals surface area (Å²) < 4.78 is 5.84. The maximum Gasteiger partial charge on any atom is 0.303 e. The smallest absolute Gasteiger partial charge is 0.303 e. The second-order valence-electron chi connectivity index (χ2n) is 5.66. The predicted molar refractivity (Wildman–Crippen MR) is 71.9 cm³/mol. The van der Waals surface area contributed by atoms with Gasteiger partial charge in [-0.05, 0) is 36.5 Å². The number of hydrogen-bond donors (Lipinski definition) is 1. The Bertz CT molecular complexity index is 387. The number of carboxylic acid groups (broad SMARTS) is 1. The van der Waals surface area contributed by atoms with E-state index in [1.165, 1.54) is 0 Å². The highest BCUT2D eigenvalue weighted by atomic mass is 16.5. The molecule has 0 radical (unpaired) electrons. The topological polar surface area (TPSA) is 46.5 Å². The van der Waals surface area contributed by atoms with Crippen LogP contribution in [0.3, 0.4) is 0 Å². The lowest BCUT2D eigenvalue weighted by atomic mass is 9.90. The van der Waals surface area contributed by atoms with E-state index in [0.29, 0.717) is 6.42 Å². The Labute approximate surface area is 109 Å². The van der Waals surface area contributed by atoms with Crippen LogP contribution in [0.1, 0.15) is 39.7 Å². The van der Waals surface area contributed by atoms with Gasteiger partial charge in [-0.3, -0.25) is 4.79 Å². The normalized spacial score (nSPS) is 13.1. The van der Waals surface area contributed by atoms with Crippen molar-refractivity contribution in [3.63, 3.8) is 0 Å². The molecule has 1 atom stereocenters. The van der Waals surface area contributed by atoms with Gasteiger partial charge in [-0.2, -0.15) is 0 Å². The van der Waals surface area contributed by atoms with E-state index >= 15 is 0 Å². The van der Waals surface area contributed by atoms with Gasteiger partial charge in [0.1, 0.15) is 11.9 Å². The Hall–Kier alpha value is -1.51. The molecule has 3 nitrogen and oxygen atoms in total. The highest BCUT2D eigenvalue weighted by molar-refractivity contribution is 5.67. The number of hydrogen-bond acceptors (Lipinski definition) is 2. The number of aryl methyl sites for hydroxylation is 1. The van der Waals surface area contributed by atoms with Gasteiger partial charge in [0.05, 0.1) is 0 Å². The van der Waals surface area contributed by atoms with Crippen molar-refractivity contribution in [1.82, 2.24) is 0 Å². The minimum atomic E-state index is -0.767. The molecule has 0 bridgehead atoms. The maximum atomic E-state index is 10.5. The van der Waals surface area contributed by atoms with Gasteiger partial charge in [0.2, 0.25) is 0 Å². The molecular formula is C15H22O3. The molecule has 0 aliphatic heterocycles. The van der Waals surface area contributed by atoms with Crippen LogP contribution in [0.5, 0.6) is 5.75 Å². The fourth-order valence-electron chi connectivity index (χ4n) is 1.37. The third-order valence-corrected chi connectivity index (χ3v) is 3.08. The van der Waals surface area contributed by atoms with Crippen molar-refractivity contribution < 1.29 is 14.6 Å². The first-order chi connectivity index (χ1) is 8.29. The van der Waals surface area contributed by atoms with Gasteiger partial charge in [-0.25, -0.2) is 0 Å². The number of ether oxygens (including phenoxy) is 1. The first-order valence-corrected chi connectivity index (χ1v) is 6.26. The van der Waals surface area contributed by atoms with Crippen molar-refractivity contribution in [2.24, 2.45) is 5.41 Å².